The van der Waals surface area contributed by atoms with Gasteiger partial charge in [0.15, 0.2) is 0 Å². The van der Waals surface area contributed by atoms with E-state index in [0.717, 1.165) is 6.42 Å². The zero-order valence-corrected chi connectivity index (χ0v) is 8.22. The molecule has 1 aromatic rings. The van der Waals surface area contributed by atoms with Crippen LogP contribution in [0.3, 0.4) is 0 Å². The molecule has 1 aromatic carbocycles. The van der Waals surface area contributed by atoms with E-state index in [1.165, 1.54) is 36.0 Å². The van der Waals surface area contributed by atoms with Gasteiger partial charge in [0.2, 0.25) is 0 Å². The lowest BCUT2D eigenvalue weighted by Gasteiger charge is -2.09. The summed E-state index contributed by atoms with van der Waals surface area (Å²) in [4.78, 5) is 0. The molecule has 0 bridgehead atoms. The van der Waals surface area contributed by atoms with E-state index in [9.17, 15) is 0 Å². The van der Waals surface area contributed by atoms with Crippen molar-refractivity contribution in [2.24, 2.45) is 5.73 Å². The SMILES string of the molecule is Cc1ccc2c(c1)CC(N)CCC2. The van der Waals surface area contributed by atoms with E-state index < -0.39 is 0 Å². The normalized spacial score (nSPS) is 22.2. The van der Waals surface area contributed by atoms with E-state index in [1.54, 1.807) is 0 Å². The fourth-order valence-electron chi connectivity index (χ4n) is 2.13. The Morgan fingerprint density at radius 3 is 3.00 bits per heavy atom. The van der Waals surface area contributed by atoms with Crippen LogP contribution in [0.1, 0.15) is 29.5 Å². The standard InChI is InChI=1S/C12H17N/c1-9-5-6-10-3-2-4-12(13)8-11(10)7-9/h5-7,12H,2-4,8,13H2,1H3. The average molecular weight is 175 g/mol. The number of aryl methyl sites for hydroxylation is 2. The van der Waals surface area contributed by atoms with Crippen molar-refractivity contribution in [1.29, 1.82) is 0 Å². The van der Waals surface area contributed by atoms with Crippen LogP contribution in [0, 0.1) is 6.92 Å². The molecule has 1 aliphatic rings. The summed E-state index contributed by atoms with van der Waals surface area (Å²) in [5.41, 5.74) is 10.3. The Morgan fingerprint density at radius 1 is 1.31 bits per heavy atom. The van der Waals surface area contributed by atoms with E-state index in [4.69, 9.17) is 5.73 Å². The second-order valence-electron chi connectivity index (χ2n) is 4.13. The van der Waals surface area contributed by atoms with E-state index in [0.29, 0.717) is 6.04 Å². The molecule has 2 rings (SSSR count). The van der Waals surface area contributed by atoms with Crippen molar-refractivity contribution in [3.8, 4) is 0 Å². The van der Waals surface area contributed by atoms with Crippen LogP contribution in [-0.4, -0.2) is 6.04 Å². The predicted octanol–water partition coefficient (Wildman–Crippen LogP) is 2.20. The van der Waals surface area contributed by atoms with Gasteiger partial charge < -0.3 is 5.73 Å². The summed E-state index contributed by atoms with van der Waals surface area (Å²) in [6, 6.07) is 7.14. The second kappa shape index (κ2) is 3.51. The minimum Gasteiger partial charge on any atom is -0.327 e. The molecule has 0 aliphatic heterocycles. The molecule has 0 radical (unpaired) electrons. The van der Waals surface area contributed by atoms with Crippen LogP contribution in [-0.2, 0) is 12.8 Å². The van der Waals surface area contributed by atoms with Gasteiger partial charge >= 0.3 is 0 Å². The van der Waals surface area contributed by atoms with Crippen molar-refractivity contribution >= 4 is 0 Å². The van der Waals surface area contributed by atoms with Crippen LogP contribution in [0.25, 0.3) is 0 Å². The van der Waals surface area contributed by atoms with Gasteiger partial charge in [0.25, 0.3) is 0 Å². The number of fused-ring (bicyclic) bond motifs is 1. The second-order valence-corrected chi connectivity index (χ2v) is 4.13. The molecule has 0 heterocycles. The molecule has 1 atom stereocenters. The molecule has 13 heavy (non-hydrogen) atoms. The fraction of sp³-hybridized carbons (Fsp3) is 0.500. The maximum absolute atomic E-state index is 6.00. The van der Waals surface area contributed by atoms with Crippen LogP contribution in [0.5, 0.6) is 0 Å². The van der Waals surface area contributed by atoms with Crippen molar-refractivity contribution in [3.05, 3.63) is 34.9 Å². The molecule has 0 saturated carbocycles. The van der Waals surface area contributed by atoms with Crippen molar-refractivity contribution in [1.82, 2.24) is 0 Å². The highest BCUT2D eigenvalue weighted by Crippen LogP contribution is 2.20. The molecule has 1 nitrogen and oxygen atoms in total. The molecule has 70 valence electrons. The summed E-state index contributed by atoms with van der Waals surface area (Å²) in [5.74, 6) is 0. The Hall–Kier alpha value is -0.820. The van der Waals surface area contributed by atoms with Crippen molar-refractivity contribution < 1.29 is 0 Å². The van der Waals surface area contributed by atoms with E-state index in [2.05, 4.69) is 25.1 Å². The minimum absolute atomic E-state index is 0.378. The van der Waals surface area contributed by atoms with Gasteiger partial charge in [-0.05, 0) is 43.7 Å². The fourth-order valence-corrected chi connectivity index (χ4v) is 2.13. The van der Waals surface area contributed by atoms with Gasteiger partial charge in [-0.3, -0.25) is 0 Å². The summed E-state index contributed by atoms with van der Waals surface area (Å²) in [5, 5.41) is 0. The molecule has 0 aromatic heterocycles. The van der Waals surface area contributed by atoms with Gasteiger partial charge in [-0.2, -0.15) is 0 Å². The average Bonchev–Trinajstić information content (AvgIpc) is 2.25. The first-order valence-corrected chi connectivity index (χ1v) is 5.09. The Bertz CT molecular complexity index is 304. The number of benzene rings is 1. The molecular formula is C12H17N. The third kappa shape index (κ3) is 1.92. The van der Waals surface area contributed by atoms with E-state index >= 15 is 0 Å². The molecule has 0 amide bonds. The molecule has 0 fully saturated rings. The monoisotopic (exact) mass is 175 g/mol. The van der Waals surface area contributed by atoms with Crippen molar-refractivity contribution in [3.63, 3.8) is 0 Å². The van der Waals surface area contributed by atoms with Crippen LogP contribution in [0.4, 0.5) is 0 Å². The molecule has 0 saturated heterocycles. The zero-order valence-electron chi connectivity index (χ0n) is 8.22. The summed E-state index contributed by atoms with van der Waals surface area (Å²) in [7, 11) is 0. The highest BCUT2D eigenvalue weighted by atomic mass is 14.6. The molecule has 1 heteroatoms. The Morgan fingerprint density at radius 2 is 2.15 bits per heavy atom. The highest BCUT2D eigenvalue weighted by Gasteiger charge is 2.12. The number of rotatable bonds is 0. The maximum Gasteiger partial charge on any atom is 0.00795 e. The van der Waals surface area contributed by atoms with Gasteiger partial charge in [-0.15, -0.1) is 0 Å². The highest BCUT2D eigenvalue weighted by molar-refractivity contribution is 5.33. The summed E-state index contributed by atoms with van der Waals surface area (Å²) >= 11 is 0. The van der Waals surface area contributed by atoms with E-state index in [1.807, 2.05) is 0 Å². The lowest BCUT2D eigenvalue weighted by Crippen LogP contribution is -2.21. The number of hydrogen-bond donors (Lipinski definition) is 1. The summed E-state index contributed by atoms with van der Waals surface area (Å²) < 4.78 is 0. The van der Waals surface area contributed by atoms with Gasteiger partial charge in [-0.1, -0.05) is 23.8 Å². The van der Waals surface area contributed by atoms with Crippen LogP contribution in [0.15, 0.2) is 18.2 Å². The maximum atomic E-state index is 6.00. The van der Waals surface area contributed by atoms with E-state index in [-0.39, 0.29) is 0 Å². The molecule has 1 aliphatic carbocycles. The largest absolute Gasteiger partial charge is 0.327 e. The number of nitrogens with two attached hydrogens (primary N) is 1. The first-order valence-electron chi connectivity index (χ1n) is 5.09. The van der Waals surface area contributed by atoms with Gasteiger partial charge in [-0.25, -0.2) is 0 Å². The van der Waals surface area contributed by atoms with Gasteiger partial charge in [0.05, 0.1) is 0 Å². The van der Waals surface area contributed by atoms with Crippen LogP contribution in [0.2, 0.25) is 0 Å². The van der Waals surface area contributed by atoms with Crippen LogP contribution >= 0.6 is 0 Å². The quantitative estimate of drug-likeness (QED) is 0.601. The summed E-state index contributed by atoms with van der Waals surface area (Å²) in [6.07, 6.45) is 4.70. The summed E-state index contributed by atoms with van der Waals surface area (Å²) in [6.45, 7) is 2.15. The Labute approximate surface area is 80.0 Å². The van der Waals surface area contributed by atoms with Gasteiger partial charge in [0, 0.05) is 6.04 Å². The van der Waals surface area contributed by atoms with Gasteiger partial charge in [0.1, 0.15) is 0 Å². The smallest absolute Gasteiger partial charge is 0.00795 e. The Kier molecular flexibility index (Phi) is 2.36. The minimum atomic E-state index is 0.378. The molecular weight excluding hydrogens is 158 g/mol. The lowest BCUT2D eigenvalue weighted by molar-refractivity contribution is 0.603. The topological polar surface area (TPSA) is 26.0 Å². The van der Waals surface area contributed by atoms with Crippen LogP contribution < -0.4 is 5.73 Å². The predicted molar refractivity (Wildman–Crippen MR) is 55.8 cm³/mol. The first-order chi connectivity index (χ1) is 6.25. The Balaban J connectivity index is 2.35. The third-order valence-corrected chi connectivity index (χ3v) is 2.86. The third-order valence-electron chi connectivity index (χ3n) is 2.86. The molecule has 2 N–H and O–H groups in total. The zero-order chi connectivity index (χ0) is 9.26. The first kappa shape index (κ1) is 8.76. The lowest BCUT2D eigenvalue weighted by atomic mass is 10.00. The number of hydrogen-bond acceptors (Lipinski definition) is 1. The van der Waals surface area contributed by atoms with Crippen molar-refractivity contribution in [2.75, 3.05) is 0 Å². The van der Waals surface area contributed by atoms with Crippen molar-refractivity contribution in [2.45, 2.75) is 38.6 Å². The molecule has 0 spiro atoms. The molecule has 1 unspecified atom stereocenters.